The summed E-state index contributed by atoms with van der Waals surface area (Å²) in [5, 5.41) is 10.5. The molecule has 0 spiro atoms. The highest BCUT2D eigenvalue weighted by molar-refractivity contribution is 7.10. The Balaban J connectivity index is 1.62. The van der Waals surface area contributed by atoms with Gasteiger partial charge in [-0.05, 0) is 43.3 Å². The van der Waals surface area contributed by atoms with Gasteiger partial charge in [0.15, 0.2) is 0 Å². The van der Waals surface area contributed by atoms with E-state index in [0.29, 0.717) is 17.2 Å². The Bertz CT molecular complexity index is 1090. The van der Waals surface area contributed by atoms with Gasteiger partial charge in [-0.2, -0.15) is 4.68 Å². The number of nitrogens with zero attached hydrogens (tertiary/aromatic N) is 2. The Labute approximate surface area is 159 Å². The monoisotopic (exact) mass is 379 g/mol. The van der Waals surface area contributed by atoms with Crippen LogP contribution in [-0.2, 0) is 0 Å². The van der Waals surface area contributed by atoms with Crippen molar-refractivity contribution in [1.29, 1.82) is 0 Å². The fourth-order valence-electron chi connectivity index (χ4n) is 2.79. The molecule has 1 aliphatic rings. The molecule has 6 nitrogen and oxygen atoms in total. The number of fused-ring (bicyclic) bond motifs is 1. The molecule has 0 aliphatic carbocycles. The number of anilines is 1. The molecular formula is C20H17N3O3S. The van der Waals surface area contributed by atoms with Crippen LogP contribution in [0.15, 0.2) is 58.3 Å². The second-order valence-corrected chi connectivity index (χ2v) is 6.83. The second-order valence-electron chi connectivity index (χ2n) is 5.84. The molecule has 0 unspecified atom stereocenters. The highest BCUT2D eigenvalue weighted by atomic mass is 32.1. The Morgan fingerprint density at radius 2 is 2.00 bits per heavy atom. The molecule has 1 aliphatic heterocycles. The van der Waals surface area contributed by atoms with Gasteiger partial charge in [-0.3, -0.25) is 15.2 Å². The Kier molecular flexibility index (Phi) is 4.52. The van der Waals surface area contributed by atoms with E-state index in [0.717, 1.165) is 38.6 Å². The van der Waals surface area contributed by atoms with Gasteiger partial charge in [0.2, 0.25) is 5.88 Å². The summed E-state index contributed by atoms with van der Waals surface area (Å²) in [6, 6.07) is 14.9. The van der Waals surface area contributed by atoms with Crippen LogP contribution < -0.4 is 15.0 Å². The van der Waals surface area contributed by atoms with Crippen molar-refractivity contribution in [2.24, 2.45) is 4.99 Å². The Hall–Kier alpha value is -3.32. The number of aromatic nitrogens is 1. The number of hydrogen-bond donors (Lipinski definition) is 2. The number of rotatable bonds is 5. The average Bonchev–Trinajstić information content (AvgIpc) is 3.20. The summed E-state index contributed by atoms with van der Waals surface area (Å²) in [6.45, 7) is 2.50. The predicted molar refractivity (Wildman–Crippen MR) is 109 cm³/mol. The lowest BCUT2D eigenvalue weighted by atomic mass is 10.1. The highest BCUT2D eigenvalue weighted by Crippen LogP contribution is 2.34. The highest BCUT2D eigenvalue weighted by Gasteiger charge is 2.16. The molecule has 3 aromatic rings. The lowest BCUT2D eigenvalue weighted by Gasteiger charge is -2.09. The number of para-hydroxylation sites is 1. The van der Waals surface area contributed by atoms with Crippen molar-refractivity contribution < 1.29 is 9.84 Å². The van der Waals surface area contributed by atoms with Crippen LogP contribution in [0.5, 0.6) is 11.6 Å². The number of aromatic hydroxyl groups is 1. The Morgan fingerprint density at radius 3 is 2.78 bits per heavy atom. The maximum Gasteiger partial charge on any atom is 0.329 e. The molecule has 136 valence electrons. The molecule has 0 saturated carbocycles. The largest absolute Gasteiger partial charge is 0.494 e. The summed E-state index contributed by atoms with van der Waals surface area (Å²) in [5.74, 6) is 0.610. The van der Waals surface area contributed by atoms with Gasteiger partial charge in [0.05, 0.1) is 22.9 Å². The number of nitrogens with one attached hydrogen (secondary N) is 1. The maximum atomic E-state index is 12.3. The van der Waals surface area contributed by atoms with E-state index in [1.807, 2.05) is 31.2 Å². The zero-order valence-corrected chi connectivity index (χ0v) is 15.4. The van der Waals surface area contributed by atoms with Crippen LogP contribution in [0.3, 0.4) is 0 Å². The number of aliphatic imine (C=N–C) groups is 1. The summed E-state index contributed by atoms with van der Waals surface area (Å²) < 4.78 is 6.53. The lowest BCUT2D eigenvalue weighted by Crippen LogP contribution is -2.20. The molecule has 0 atom stereocenters. The van der Waals surface area contributed by atoms with Gasteiger partial charge in [0, 0.05) is 17.4 Å². The first kappa shape index (κ1) is 17.1. The van der Waals surface area contributed by atoms with Gasteiger partial charge in [-0.15, -0.1) is 0 Å². The summed E-state index contributed by atoms with van der Waals surface area (Å²) >= 11 is 0.965. The standard InChI is InChI=1S/C20H17N3O3S/c1-2-26-15-9-7-14(8-10-15)22-23-19(24)18(27-20(23)25)11-13-12-21-17-6-4-3-5-16(13)17/h3-12,22,24H,2H2,1H3. The first-order chi connectivity index (χ1) is 13.2. The third-order valence-corrected chi connectivity index (χ3v) is 4.94. The molecule has 2 aromatic carbocycles. The van der Waals surface area contributed by atoms with Crippen LogP contribution in [0.4, 0.5) is 11.4 Å². The fourth-order valence-corrected chi connectivity index (χ4v) is 3.57. The van der Waals surface area contributed by atoms with Crippen molar-refractivity contribution in [3.63, 3.8) is 0 Å². The fraction of sp³-hybridized carbons (Fsp3) is 0.100. The SMILES string of the molecule is CCOc1ccc(Nn2c(O)c(C=C3C=Nc4ccccc43)sc2=O)cc1. The van der Waals surface area contributed by atoms with Crippen LogP contribution in [0.25, 0.3) is 11.6 Å². The van der Waals surface area contributed by atoms with Crippen LogP contribution in [-0.4, -0.2) is 22.6 Å². The lowest BCUT2D eigenvalue weighted by molar-refractivity contribution is 0.340. The van der Waals surface area contributed by atoms with E-state index < -0.39 is 0 Å². The van der Waals surface area contributed by atoms with Crippen molar-refractivity contribution in [3.05, 3.63) is 68.6 Å². The quantitative estimate of drug-likeness (QED) is 0.698. The molecule has 2 N–H and O–H groups in total. The average molecular weight is 379 g/mol. The minimum Gasteiger partial charge on any atom is -0.494 e. The van der Waals surface area contributed by atoms with Gasteiger partial charge in [0.25, 0.3) is 0 Å². The molecule has 27 heavy (non-hydrogen) atoms. The molecule has 0 saturated heterocycles. The van der Waals surface area contributed by atoms with E-state index in [9.17, 15) is 9.90 Å². The number of ether oxygens (including phenoxy) is 1. The number of allylic oxidation sites excluding steroid dienone is 1. The molecule has 0 amide bonds. The van der Waals surface area contributed by atoms with Crippen molar-refractivity contribution in [2.75, 3.05) is 12.0 Å². The van der Waals surface area contributed by atoms with Gasteiger partial charge in [-0.25, -0.2) is 0 Å². The van der Waals surface area contributed by atoms with Crippen LogP contribution in [0.2, 0.25) is 0 Å². The zero-order valence-electron chi connectivity index (χ0n) is 14.5. The summed E-state index contributed by atoms with van der Waals surface area (Å²) in [4.78, 5) is 16.8. The minimum atomic E-state index is -0.309. The molecule has 7 heteroatoms. The van der Waals surface area contributed by atoms with E-state index in [1.165, 1.54) is 0 Å². The van der Waals surface area contributed by atoms with Gasteiger partial charge in [0.1, 0.15) is 5.75 Å². The van der Waals surface area contributed by atoms with Crippen LogP contribution in [0, 0.1) is 0 Å². The summed E-state index contributed by atoms with van der Waals surface area (Å²) in [5.41, 5.74) is 6.30. The number of hydrogen-bond acceptors (Lipinski definition) is 6. The van der Waals surface area contributed by atoms with Crippen molar-refractivity contribution >= 4 is 40.6 Å². The third-order valence-electron chi connectivity index (χ3n) is 4.06. The first-order valence-corrected chi connectivity index (χ1v) is 9.27. The second kappa shape index (κ2) is 7.13. The smallest absolute Gasteiger partial charge is 0.329 e. The molecule has 0 radical (unpaired) electrons. The van der Waals surface area contributed by atoms with Gasteiger partial charge in [-0.1, -0.05) is 29.5 Å². The normalized spacial score (nSPS) is 13.7. The van der Waals surface area contributed by atoms with Crippen molar-refractivity contribution in [3.8, 4) is 11.6 Å². The van der Waals surface area contributed by atoms with Crippen LogP contribution >= 0.6 is 11.3 Å². The van der Waals surface area contributed by atoms with E-state index in [2.05, 4.69) is 10.4 Å². The summed E-state index contributed by atoms with van der Waals surface area (Å²) in [7, 11) is 0. The van der Waals surface area contributed by atoms with E-state index in [4.69, 9.17) is 4.74 Å². The molecule has 1 aromatic heterocycles. The molecular weight excluding hydrogens is 362 g/mol. The predicted octanol–water partition coefficient (Wildman–Crippen LogP) is 4.15. The Morgan fingerprint density at radius 1 is 1.22 bits per heavy atom. The molecule has 2 heterocycles. The van der Waals surface area contributed by atoms with Gasteiger partial charge >= 0.3 is 4.87 Å². The van der Waals surface area contributed by atoms with E-state index >= 15 is 0 Å². The third kappa shape index (κ3) is 3.37. The molecule has 4 rings (SSSR count). The van der Waals surface area contributed by atoms with E-state index in [1.54, 1.807) is 36.6 Å². The van der Waals surface area contributed by atoms with Gasteiger partial charge < -0.3 is 9.84 Å². The molecule has 0 bridgehead atoms. The van der Waals surface area contributed by atoms with Crippen molar-refractivity contribution in [1.82, 2.24) is 4.68 Å². The topological polar surface area (TPSA) is 75.8 Å². The summed E-state index contributed by atoms with van der Waals surface area (Å²) in [6.07, 6.45) is 3.51. The first-order valence-electron chi connectivity index (χ1n) is 8.45. The van der Waals surface area contributed by atoms with E-state index in [-0.39, 0.29) is 10.8 Å². The number of benzene rings is 2. The molecule has 0 fully saturated rings. The zero-order chi connectivity index (χ0) is 18.8. The number of thiazole rings is 1. The van der Waals surface area contributed by atoms with Crippen LogP contribution in [0.1, 0.15) is 17.4 Å². The minimum absolute atomic E-state index is 0.135. The van der Waals surface area contributed by atoms with Crippen molar-refractivity contribution in [2.45, 2.75) is 6.92 Å². The maximum absolute atomic E-state index is 12.3.